The van der Waals surface area contributed by atoms with Crippen LogP contribution in [0.4, 0.5) is 0 Å². The van der Waals surface area contributed by atoms with Crippen molar-refractivity contribution in [3.05, 3.63) is 10.0 Å². The van der Waals surface area contributed by atoms with Gasteiger partial charge < -0.3 is 10.1 Å². The average molecular weight is 239 g/mol. The van der Waals surface area contributed by atoms with Gasteiger partial charge in [0.1, 0.15) is 16.1 Å². The molecule has 0 aromatic carbocycles. The molecule has 0 amide bonds. The van der Waals surface area contributed by atoms with E-state index in [0.29, 0.717) is 0 Å². The molecule has 1 saturated heterocycles. The first-order valence-corrected chi connectivity index (χ1v) is 6.91. The standard InChI is InChI=1S/C11H17N3OS/c1-2-6-15-9(3-1)11-14-13-10(16-11)7-12-8-4-5-8/h8-9,12H,1-7H2. The van der Waals surface area contributed by atoms with E-state index in [2.05, 4.69) is 15.5 Å². The SMILES string of the molecule is C1CCC(c2nnc(CNC3CC3)s2)OC1. The van der Waals surface area contributed by atoms with Crippen molar-refractivity contribution in [2.24, 2.45) is 0 Å². The van der Waals surface area contributed by atoms with Gasteiger partial charge in [0.2, 0.25) is 0 Å². The van der Waals surface area contributed by atoms with Crippen molar-refractivity contribution in [1.82, 2.24) is 15.5 Å². The van der Waals surface area contributed by atoms with Crippen molar-refractivity contribution in [2.45, 2.75) is 50.8 Å². The van der Waals surface area contributed by atoms with Gasteiger partial charge in [0.05, 0.1) is 0 Å². The summed E-state index contributed by atoms with van der Waals surface area (Å²) in [5.41, 5.74) is 0. The minimum atomic E-state index is 0.209. The van der Waals surface area contributed by atoms with E-state index in [-0.39, 0.29) is 6.10 Å². The van der Waals surface area contributed by atoms with Gasteiger partial charge in [0.25, 0.3) is 0 Å². The van der Waals surface area contributed by atoms with Crippen LogP contribution in [0.3, 0.4) is 0 Å². The predicted octanol–water partition coefficient (Wildman–Crippen LogP) is 2.03. The number of hydrogen-bond donors (Lipinski definition) is 1. The lowest BCUT2D eigenvalue weighted by Crippen LogP contribution is -2.14. The van der Waals surface area contributed by atoms with Gasteiger partial charge in [-0.2, -0.15) is 0 Å². The van der Waals surface area contributed by atoms with E-state index in [9.17, 15) is 0 Å². The van der Waals surface area contributed by atoms with Gasteiger partial charge in [0, 0.05) is 19.2 Å². The smallest absolute Gasteiger partial charge is 0.146 e. The second-order valence-electron chi connectivity index (χ2n) is 4.54. The zero-order valence-electron chi connectivity index (χ0n) is 9.32. The van der Waals surface area contributed by atoms with Crippen LogP contribution < -0.4 is 5.32 Å². The molecule has 5 heteroatoms. The van der Waals surface area contributed by atoms with Crippen molar-refractivity contribution < 1.29 is 4.74 Å². The minimum absolute atomic E-state index is 0.209. The Morgan fingerprint density at radius 2 is 2.19 bits per heavy atom. The van der Waals surface area contributed by atoms with Crippen LogP contribution in [0.2, 0.25) is 0 Å². The zero-order chi connectivity index (χ0) is 10.8. The Labute approximate surface area is 99.4 Å². The average Bonchev–Trinajstić information content (AvgIpc) is 3.05. The molecule has 1 aromatic rings. The maximum atomic E-state index is 5.70. The topological polar surface area (TPSA) is 47.0 Å². The molecule has 2 heterocycles. The Balaban J connectivity index is 1.57. The van der Waals surface area contributed by atoms with Crippen molar-refractivity contribution in [1.29, 1.82) is 0 Å². The van der Waals surface area contributed by atoms with E-state index in [0.717, 1.165) is 35.6 Å². The van der Waals surface area contributed by atoms with E-state index < -0.39 is 0 Å². The molecule has 0 radical (unpaired) electrons. The monoisotopic (exact) mass is 239 g/mol. The molecule has 2 fully saturated rings. The number of rotatable bonds is 4. The molecule has 0 bridgehead atoms. The van der Waals surface area contributed by atoms with Gasteiger partial charge in [-0.3, -0.25) is 0 Å². The van der Waals surface area contributed by atoms with E-state index in [1.807, 2.05) is 0 Å². The summed E-state index contributed by atoms with van der Waals surface area (Å²) < 4.78 is 5.70. The Kier molecular flexibility index (Phi) is 3.17. The number of hydrogen-bond acceptors (Lipinski definition) is 5. The van der Waals surface area contributed by atoms with Crippen molar-refractivity contribution in [3.8, 4) is 0 Å². The van der Waals surface area contributed by atoms with Crippen LogP contribution in [-0.4, -0.2) is 22.8 Å². The molecule has 16 heavy (non-hydrogen) atoms. The molecule has 88 valence electrons. The molecule has 1 N–H and O–H groups in total. The Bertz CT molecular complexity index is 345. The van der Waals surface area contributed by atoms with Gasteiger partial charge in [0.15, 0.2) is 0 Å². The maximum Gasteiger partial charge on any atom is 0.146 e. The fourth-order valence-corrected chi connectivity index (χ4v) is 2.80. The summed E-state index contributed by atoms with van der Waals surface area (Å²) in [7, 11) is 0. The molecule has 0 spiro atoms. The molecule has 3 rings (SSSR count). The minimum Gasteiger partial charge on any atom is -0.371 e. The van der Waals surface area contributed by atoms with Crippen LogP contribution in [0.1, 0.15) is 48.2 Å². The lowest BCUT2D eigenvalue weighted by molar-refractivity contribution is 0.0144. The van der Waals surface area contributed by atoms with Crippen molar-refractivity contribution in [2.75, 3.05) is 6.61 Å². The van der Waals surface area contributed by atoms with Gasteiger partial charge >= 0.3 is 0 Å². The highest BCUT2D eigenvalue weighted by Gasteiger charge is 2.22. The summed E-state index contributed by atoms with van der Waals surface area (Å²) in [6, 6.07) is 0.735. The fraction of sp³-hybridized carbons (Fsp3) is 0.818. The van der Waals surface area contributed by atoms with E-state index in [1.165, 1.54) is 25.7 Å². The predicted molar refractivity (Wildman–Crippen MR) is 62.3 cm³/mol. The highest BCUT2D eigenvalue weighted by Crippen LogP contribution is 2.30. The van der Waals surface area contributed by atoms with E-state index in [1.54, 1.807) is 11.3 Å². The first-order chi connectivity index (χ1) is 7.92. The molecule has 4 nitrogen and oxygen atoms in total. The normalized spacial score (nSPS) is 25.9. The van der Waals surface area contributed by atoms with Crippen molar-refractivity contribution in [3.63, 3.8) is 0 Å². The first-order valence-electron chi connectivity index (χ1n) is 6.09. The van der Waals surface area contributed by atoms with Crippen LogP contribution in [0.25, 0.3) is 0 Å². The second kappa shape index (κ2) is 4.77. The lowest BCUT2D eigenvalue weighted by Gasteiger charge is -2.19. The molecule has 1 aliphatic carbocycles. The highest BCUT2D eigenvalue weighted by atomic mass is 32.1. The summed E-state index contributed by atoms with van der Waals surface area (Å²) >= 11 is 1.70. The molecule has 2 aliphatic rings. The van der Waals surface area contributed by atoms with Crippen LogP contribution in [-0.2, 0) is 11.3 Å². The quantitative estimate of drug-likeness (QED) is 0.873. The van der Waals surface area contributed by atoms with Gasteiger partial charge in [-0.25, -0.2) is 0 Å². The van der Waals surface area contributed by atoms with Crippen LogP contribution in [0.5, 0.6) is 0 Å². The fourth-order valence-electron chi connectivity index (χ4n) is 1.92. The largest absolute Gasteiger partial charge is 0.371 e. The zero-order valence-corrected chi connectivity index (χ0v) is 10.1. The second-order valence-corrected chi connectivity index (χ2v) is 5.64. The van der Waals surface area contributed by atoms with Crippen LogP contribution >= 0.6 is 11.3 Å². The molecule has 1 aliphatic heterocycles. The number of aromatic nitrogens is 2. The molecule has 1 atom stereocenters. The summed E-state index contributed by atoms with van der Waals surface area (Å²) in [4.78, 5) is 0. The van der Waals surface area contributed by atoms with Gasteiger partial charge in [-0.1, -0.05) is 11.3 Å². The van der Waals surface area contributed by atoms with Crippen LogP contribution in [0, 0.1) is 0 Å². The molecular weight excluding hydrogens is 222 g/mol. The number of ether oxygens (including phenoxy) is 1. The summed E-state index contributed by atoms with van der Waals surface area (Å²) in [6.07, 6.45) is 6.38. The molecule has 1 saturated carbocycles. The highest BCUT2D eigenvalue weighted by molar-refractivity contribution is 7.11. The van der Waals surface area contributed by atoms with Gasteiger partial charge in [-0.05, 0) is 32.1 Å². The Morgan fingerprint density at radius 3 is 2.94 bits per heavy atom. The first kappa shape index (κ1) is 10.6. The summed E-state index contributed by atoms with van der Waals surface area (Å²) in [5.74, 6) is 0. The third kappa shape index (κ3) is 2.59. The third-order valence-electron chi connectivity index (χ3n) is 3.06. The van der Waals surface area contributed by atoms with E-state index in [4.69, 9.17) is 4.74 Å². The Morgan fingerprint density at radius 1 is 1.25 bits per heavy atom. The van der Waals surface area contributed by atoms with Gasteiger partial charge in [-0.15, -0.1) is 10.2 Å². The molecular formula is C11H17N3OS. The lowest BCUT2D eigenvalue weighted by atomic mass is 10.1. The molecule has 1 unspecified atom stereocenters. The summed E-state index contributed by atoms with van der Waals surface area (Å²) in [6.45, 7) is 1.74. The molecule has 1 aromatic heterocycles. The summed E-state index contributed by atoms with van der Waals surface area (Å²) in [5, 5.41) is 14.1. The Hall–Kier alpha value is -0.520. The number of nitrogens with one attached hydrogen (secondary N) is 1. The van der Waals surface area contributed by atoms with Crippen molar-refractivity contribution >= 4 is 11.3 Å². The van der Waals surface area contributed by atoms with Crippen LogP contribution in [0.15, 0.2) is 0 Å². The van der Waals surface area contributed by atoms with E-state index >= 15 is 0 Å². The maximum absolute atomic E-state index is 5.70. The number of nitrogens with zero attached hydrogens (tertiary/aromatic N) is 2. The third-order valence-corrected chi connectivity index (χ3v) is 4.07.